The third kappa shape index (κ3) is 6.06. The van der Waals surface area contributed by atoms with Gasteiger partial charge in [-0.3, -0.25) is 9.59 Å². The Morgan fingerprint density at radius 1 is 1.18 bits per heavy atom. The molecule has 0 aliphatic heterocycles. The molecule has 0 bridgehead atoms. The number of halogens is 1. The topological polar surface area (TPSA) is 63.6 Å². The van der Waals surface area contributed by atoms with Gasteiger partial charge in [-0.1, -0.05) is 28.1 Å². The average molecular weight is 301 g/mol. The van der Waals surface area contributed by atoms with Crippen molar-refractivity contribution in [3.05, 3.63) is 34.3 Å². The molecule has 0 saturated heterocycles. The maximum Gasteiger partial charge on any atom is 0.306 e. The lowest BCUT2D eigenvalue weighted by Gasteiger charge is -2.04. The second-order valence-corrected chi connectivity index (χ2v) is 4.41. The number of carbonyl (C=O) groups is 2. The molecule has 0 spiro atoms. The Bertz CT molecular complexity index is 386. The van der Waals surface area contributed by atoms with Gasteiger partial charge in [0, 0.05) is 10.9 Å². The van der Waals surface area contributed by atoms with Crippen LogP contribution in [0.1, 0.15) is 18.4 Å². The highest BCUT2D eigenvalue weighted by atomic mass is 79.9. The molecule has 0 aromatic heterocycles. The van der Waals surface area contributed by atoms with E-state index in [4.69, 9.17) is 9.84 Å². The molecule has 0 unspecified atom stereocenters. The summed E-state index contributed by atoms with van der Waals surface area (Å²) in [5, 5.41) is 8.38. The van der Waals surface area contributed by atoms with E-state index in [1.165, 1.54) is 0 Å². The van der Waals surface area contributed by atoms with Crippen LogP contribution in [0.3, 0.4) is 0 Å². The molecule has 0 aliphatic rings. The fourth-order valence-electron chi connectivity index (χ4n) is 1.21. The summed E-state index contributed by atoms with van der Waals surface area (Å²) in [4.78, 5) is 21.3. The van der Waals surface area contributed by atoms with E-state index in [9.17, 15) is 9.59 Å². The van der Waals surface area contributed by atoms with Crippen molar-refractivity contribution >= 4 is 27.9 Å². The second-order valence-electron chi connectivity index (χ2n) is 3.49. The van der Waals surface area contributed by atoms with Gasteiger partial charge in [0.2, 0.25) is 0 Å². The predicted molar refractivity (Wildman–Crippen MR) is 65.7 cm³/mol. The van der Waals surface area contributed by atoms with Crippen LogP contribution in [0.4, 0.5) is 0 Å². The van der Waals surface area contributed by atoms with Gasteiger partial charge < -0.3 is 9.84 Å². The van der Waals surface area contributed by atoms with Crippen LogP contribution in [-0.4, -0.2) is 23.7 Å². The Labute approximate surface area is 108 Å². The summed E-state index contributed by atoms with van der Waals surface area (Å²) in [5.74, 6) is -1.46. The maximum atomic E-state index is 11.1. The molecule has 0 saturated carbocycles. The predicted octanol–water partition coefficient (Wildman–Crippen LogP) is 2.40. The molecule has 0 fully saturated rings. The molecular weight excluding hydrogens is 288 g/mol. The van der Waals surface area contributed by atoms with Gasteiger partial charge in [-0.2, -0.15) is 0 Å². The van der Waals surface area contributed by atoms with Crippen LogP contribution in [0, 0.1) is 0 Å². The van der Waals surface area contributed by atoms with Crippen molar-refractivity contribution < 1.29 is 19.4 Å². The van der Waals surface area contributed by atoms with Crippen LogP contribution < -0.4 is 0 Å². The van der Waals surface area contributed by atoms with Crippen LogP contribution in [0.5, 0.6) is 0 Å². The van der Waals surface area contributed by atoms with Crippen LogP contribution >= 0.6 is 15.9 Å². The smallest absolute Gasteiger partial charge is 0.306 e. The van der Waals surface area contributed by atoms with Crippen molar-refractivity contribution in [3.8, 4) is 0 Å². The number of benzene rings is 1. The summed E-state index contributed by atoms with van der Waals surface area (Å²) in [6.07, 6.45) is 0.374. The van der Waals surface area contributed by atoms with Gasteiger partial charge in [0.25, 0.3) is 0 Å². The number of aliphatic carboxylic acids is 1. The van der Waals surface area contributed by atoms with Crippen LogP contribution in [-0.2, 0) is 20.7 Å². The van der Waals surface area contributed by atoms with Gasteiger partial charge in [-0.05, 0) is 17.7 Å². The van der Waals surface area contributed by atoms with Crippen molar-refractivity contribution in [3.63, 3.8) is 0 Å². The number of hydrogen-bond acceptors (Lipinski definition) is 3. The molecule has 4 nitrogen and oxygen atoms in total. The van der Waals surface area contributed by atoms with Crippen molar-refractivity contribution in [2.45, 2.75) is 19.3 Å². The molecular formula is C12H13BrO4. The standard InChI is InChI=1S/C12H13BrO4/c13-10-3-1-9(2-4-10)7-8-17-12(16)6-5-11(14)15/h1-4H,5-8H2,(H,14,15). The van der Waals surface area contributed by atoms with E-state index >= 15 is 0 Å². The Morgan fingerprint density at radius 2 is 1.82 bits per heavy atom. The number of carboxylic acid groups (broad SMARTS) is 1. The van der Waals surface area contributed by atoms with Gasteiger partial charge in [-0.25, -0.2) is 0 Å². The van der Waals surface area contributed by atoms with E-state index in [0.29, 0.717) is 6.42 Å². The zero-order valence-corrected chi connectivity index (χ0v) is 10.8. The summed E-state index contributed by atoms with van der Waals surface area (Å²) in [6.45, 7) is 0.278. The minimum absolute atomic E-state index is 0.0737. The van der Waals surface area contributed by atoms with E-state index < -0.39 is 11.9 Å². The quantitative estimate of drug-likeness (QED) is 0.820. The highest BCUT2D eigenvalue weighted by Gasteiger charge is 2.06. The molecule has 0 heterocycles. The summed E-state index contributed by atoms with van der Waals surface area (Å²) < 4.78 is 5.91. The average Bonchev–Trinajstić information content (AvgIpc) is 2.29. The lowest BCUT2D eigenvalue weighted by molar-refractivity contribution is -0.147. The number of carboxylic acids is 1. The minimum Gasteiger partial charge on any atom is -0.481 e. The van der Waals surface area contributed by atoms with Gasteiger partial charge in [0.05, 0.1) is 19.4 Å². The van der Waals surface area contributed by atoms with Crippen molar-refractivity contribution in [2.24, 2.45) is 0 Å². The molecule has 0 atom stereocenters. The Hall–Kier alpha value is -1.36. The molecule has 5 heteroatoms. The van der Waals surface area contributed by atoms with Gasteiger partial charge in [0.15, 0.2) is 0 Å². The Morgan fingerprint density at radius 3 is 2.41 bits per heavy atom. The number of ether oxygens (including phenoxy) is 1. The van der Waals surface area contributed by atoms with Crippen molar-refractivity contribution in [1.82, 2.24) is 0 Å². The fourth-order valence-corrected chi connectivity index (χ4v) is 1.48. The van der Waals surface area contributed by atoms with Crippen molar-refractivity contribution in [1.29, 1.82) is 0 Å². The molecule has 1 aromatic rings. The first-order chi connectivity index (χ1) is 8.08. The summed E-state index contributed by atoms with van der Waals surface area (Å²) in [6, 6.07) is 7.72. The largest absolute Gasteiger partial charge is 0.481 e. The first kappa shape index (κ1) is 13.7. The molecule has 92 valence electrons. The highest BCUT2D eigenvalue weighted by Crippen LogP contribution is 2.10. The molecule has 1 aromatic carbocycles. The minimum atomic E-state index is -0.991. The second kappa shape index (κ2) is 7.06. The molecule has 1 N–H and O–H groups in total. The first-order valence-electron chi connectivity index (χ1n) is 5.20. The van der Waals surface area contributed by atoms with Gasteiger partial charge >= 0.3 is 11.9 Å². The summed E-state index contributed by atoms with van der Waals surface area (Å²) >= 11 is 3.33. The molecule has 0 aliphatic carbocycles. The number of carbonyl (C=O) groups excluding carboxylic acids is 1. The molecule has 17 heavy (non-hydrogen) atoms. The summed E-state index contributed by atoms with van der Waals surface area (Å²) in [5.41, 5.74) is 1.07. The normalized spacial score (nSPS) is 9.94. The van der Waals surface area contributed by atoms with Gasteiger partial charge in [-0.15, -0.1) is 0 Å². The third-order valence-electron chi connectivity index (χ3n) is 2.11. The summed E-state index contributed by atoms with van der Waals surface area (Å²) in [7, 11) is 0. The van der Waals surface area contributed by atoms with Crippen LogP contribution in [0.2, 0.25) is 0 Å². The Kier molecular flexibility index (Phi) is 5.69. The zero-order valence-electron chi connectivity index (χ0n) is 9.19. The lowest BCUT2D eigenvalue weighted by atomic mass is 10.2. The third-order valence-corrected chi connectivity index (χ3v) is 2.64. The van der Waals surface area contributed by atoms with E-state index in [0.717, 1.165) is 10.0 Å². The monoisotopic (exact) mass is 300 g/mol. The van der Waals surface area contributed by atoms with Crippen molar-refractivity contribution in [2.75, 3.05) is 6.61 Å². The molecule has 1 rings (SSSR count). The van der Waals surface area contributed by atoms with Crippen LogP contribution in [0.15, 0.2) is 28.7 Å². The van der Waals surface area contributed by atoms with Gasteiger partial charge in [0.1, 0.15) is 0 Å². The molecule has 0 amide bonds. The first-order valence-corrected chi connectivity index (χ1v) is 5.99. The van der Waals surface area contributed by atoms with E-state index in [2.05, 4.69) is 15.9 Å². The highest BCUT2D eigenvalue weighted by molar-refractivity contribution is 9.10. The number of rotatable bonds is 6. The number of hydrogen-bond donors (Lipinski definition) is 1. The van der Waals surface area contributed by atoms with E-state index in [1.54, 1.807) is 0 Å². The maximum absolute atomic E-state index is 11.1. The SMILES string of the molecule is O=C(O)CCC(=O)OCCc1ccc(Br)cc1. The Balaban J connectivity index is 2.21. The van der Waals surface area contributed by atoms with E-state index in [-0.39, 0.29) is 19.4 Å². The molecule has 0 radical (unpaired) electrons. The lowest BCUT2D eigenvalue weighted by Crippen LogP contribution is -2.09. The van der Waals surface area contributed by atoms with E-state index in [1.807, 2.05) is 24.3 Å². The fraction of sp³-hybridized carbons (Fsp3) is 0.333. The number of esters is 1. The zero-order chi connectivity index (χ0) is 12.7. The van der Waals surface area contributed by atoms with Crippen LogP contribution in [0.25, 0.3) is 0 Å².